The van der Waals surface area contributed by atoms with E-state index < -0.39 is 40.7 Å². The number of methoxy groups -OCH3 is 1. The predicted molar refractivity (Wildman–Crippen MR) is 88.4 cm³/mol. The quantitative estimate of drug-likeness (QED) is 0.745. The number of esters is 2. The average Bonchev–Trinajstić information content (AvgIpc) is 2.94. The number of aliphatic hydroxyl groups is 1. The maximum atomic E-state index is 12.8. The van der Waals surface area contributed by atoms with Crippen molar-refractivity contribution in [2.24, 2.45) is 22.7 Å². The Hall–Kier alpha value is -1.18. The van der Waals surface area contributed by atoms with Crippen LogP contribution >= 0.6 is 0 Å². The maximum Gasteiger partial charge on any atom is 0.318 e. The first-order valence-corrected chi connectivity index (χ1v) is 8.67. The first-order chi connectivity index (χ1) is 11.5. The van der Waals surface area contributed by atoms with Crippen LogP contribution in [0.15, 0.2) is 0 Å². The molecule has 1 N–H and O–H groups in total. The Labute approximate surface area is 149 Å². The van der Waals surface area contributed by atoms with Gasteiger partial charge in [0, 0.05) is 18.9 Å². The molecule has 0 bridgehead atoms. The van der Waals surface area contributed by atoms with Gasteiger partial charge in [-0.3, -0.25) is 9.59 Å². The first-order valence-electron chi connectivity index (χ1n) is 8.67. The van der Waals surface area contributed by atoms with Crippen LogP contribution in [0.5, 0.6) is 0 Å². The third-order valence-corrected chi connectivity index (χ3v) is 5.43. The zero-order valence-corrected chi connectivity index (χ0v) is 16.1. The van der Waals surface area contributed by atoms with Crippen molar-refractivity contribution in [3.05, 3.63) is 0 Å². The van der Waals surface area contributed by atoms with Gasteiger partial charge < -0.3 is 24.1 Å². The molecule has 2 aliphatic rings. The van der Waals surface area contributed by atoms with Gasteiger partial charge in [-0.1, -0.05) is 13.8 Å². The molecule has 2 rings (SSSR count). The van der Waals surface area contributed by atoms with Crippen molar-refractivity contribution in [2.45, 2.75) is 59.5 Å². The second kappa shape index (κ2) is 6.52. The topological polar surface area (TPSA) is 91.3 Å². The summed E-state index contributed by atoms with van der Waals surface area (Å²) in [6, 6.07) is 0. The van der Waals surface area contributed by atoms with Crippen LogP contribution in [0.1, 0.15) is 41.5 Å². The van der Waals surface area contributed by atoms with E-state index in [2.05, 4.69) is 0 Å². The number of rotatable bonds is 5. The van der Waals surface area contributed by atoms with Crippen molar-refractivity contribution in [3.63, 3.8) is 0 Å². The molecule has 0 aliphatic carbocycles. The van der Waals surface area contributed by atoms with Crippen LogP contribution in [0.2, 0.25) is 0 Å². The molecule has 7 heteroatoms. The largest absolute Gasteiger partial charge is 0.461 e. The Kier molecular flexibility index (Phi) is 5.25. The van der Waals surface area contributed by atoms with E-state index in [1.54, 1.807) is 27.7 Å². The lowest BCUT2D eigenvalue weighted by Gasteiger charge is -2.40. The van der Waals surface area contributed by atoms with Crippen LogP contribution in [0.25, 0.3) is 0 Å². The number of ether oxygens (including phenoxy) is 4. The molecule has 0 spiro atoms. The molecule has 0 radical (unpaired) electrons. The van der Waals surface area contributed by atoms with Crippen LogP contribution in [-0.2, 0) is 28.5 Å². The Morgan fingerprint density at radius 2 is 1.92 bits per heavy atom. The van der Waals surface area contributed by atoms with Crippen molar-refractivity contribution in [2.75, 3.05) is 20.3 Å². The molecule has 2 aliphatic heterocycles. The van der Waals surface area contributed by atoms with Crippen LogP contribution < -0.4 is 0 Å². The molecule has 2 heterocycles. The molecule has 0 unspecified atom stereocenters. The maximum absolute atomic E-state index is 12.8. The molecule has 0 aromatic carbocycles. The van der Waals surface area contributed by atoms with Crippen molar-refractivity contribution < 1.29 is 33.6 Å². The van der Waals surface area contributed by atoms with E-state index in [-0.39, 0.29) is 25.1 Å². The van der Waals surface area contributed by atoms with E-state index in [4.69, 9.17) is 18.9 Å². The summed E-state index contributed by atoms with van der Waals surface area (Å²) in [4.78, 5) is 24.8. The summed E-state index contributed by atoms with van der Waals surface area (Å²) in [5.41, 5.74) is -1.75. The second-order valence-corrected chi connectivity index (χ2v) is 8.39. The van der Waals surface area contributed by atoms with Gasteiger partial charge in [0.05, 0.1) is 18.1 Å². The molecule has 5 atom stereocenters. The van der Waals surface area contributed by atoms with Crippen molar-refractivity contribution in [1.29, 1.82) is 0 Å². The van der Waals surface area contributed by atoms with Crippen LogP contribution in [-0.4, -0.2) is 55.4 Å². The van der Waals surface area contributed by atoms with Crippen molar-refractivity contribution >= 4 is 11.9 Å². The Morgan fingerprint density at radius 1 is 1.32 bits per heavy atom. The minimum absolute atomic E-state index is 0.0696. The summed E-state index contributed by atoms with van der Waals surface area (Å²) in [5, 5.41) is 9.79. The van der Waals surface area contributed by atoms with E-state index in [1.165, 1.54) is 7.11 Å². The minimum atomic E-state index is -1.20. The highest BCUT2D eigenvalue weighted by atomic mass is 16.7. The second-order valence-electron chi connectivity index (χ2n) is 8.39. The fourth-order valence-corrected chi connectivity index (χ4v) is 4.14. The molecule has 2 saturated heterocycles. The summed E-state index contributed by atoms with van der Waals surface area (Å²) < 4.78 is 22.6. The fourth-order valence-electron chi connectivity index (χ4n) is 4.14. The number of cyclic esters (lactones) is 1. The summed E-state index contributed by atoms with van der Waals surface area (Å²) in [5.74, 6) is -2.66. The van der Waals surface area contributed by atoms with Gasteiger partial charge in [0.2, 0.25) is 0 Å². The molecule has 0 aromatic heterocycles. The summed E-state index contributed by atoms with van der Waals surface area (Å²) in [6.45, 7) is 10.4. The third-order valence-electron chi connectivity index (χ3n) is 5.43. The van der Waals surface area contributed by atoms with Gasteiger partial charge in [-0.05, 0) is 27.7 Å². The van der Waals surface area contributed by atoms with E-state index in [0.29, 0.717) is 0 Å². The first kappa shape index (κ1) is 20.1. The van der Waals surface area contributed by atoms with Crippen molar-refractivity contribution in [3.8, 4) is 0 Å². The molecular formula is C18H30O7. The SMILES string of the molecule is CO[C@]1(C(C)C)O[C@@H](CO)[C@@H]2[C@@H](COC(=O)C(C)(C)C)OC(=O)[C@@]21C. The zero-order valence-electron chi connectivity index (χ0n) is 16.1. The Morgan fingerprint density at radius 3 is 2.36 bits per heavy atom. The summed E-state index contributed by atoms with van der Waals surface area (Å²) >= 11 is 0. The van der Waals surface area contributed by atoms with Crippen LogP contribution in [0, 0.1) is 22.7 Å². The monoisotopic (exact) mass is 358 g/mol. The van der Waals surface area contributed by atoms with Gasteiger partial charge in [0.1, 0.15) is 18.1 Å². The lowest BCUT2D eigenvalue weighted by molar-refractivity contribution is -0.278. The lowest BCUT2D eigenvalue weighted by Crippen LogP contribution is -2.54. The van der Waals surface area contributed by atoms with Gasteiger partial charge >= 0.3 is 11.9 Å². The molecule has 0 amide bonds. The van der Waals surface area contributed by atoms with Crippen LogP contribution in [0.4, 0.5) is 0 Å². The summed E-state index contributed by atoms with van der Waals surface area (Å²) in [6.07, 6.45) is -1.33. The van der Waals surface area contributed by atoms with E-state index in [0.717, 1.165) is 0 Å². The highest BCUT2D eigenvalue weighted by Crippen LogP contribution is 2.59. The van der Waals surface area contributed by atoms with Gasteiger partial charge in [-0.25, -0.2) is 0 Å². The number of carbonyl (C=O) groups is 2. The van der Waals surface area contributed by atoms with E-state index in [1.807, 2.05) is 13.8 Å². The van der Waals surface area contributed by atoms with E-state index in [9.17, 15) is 14.7 Å². The molecule has 7 nitrogen and oxygen atoms in total. The van der Waals surface area contributed by atoms with Crippen molar-refractivity contribution in [1.82, 2.24) is 0 Å². The number of carbonyl (C=O) groups excluding carboxylic acids is 2. The highest BCUT2D eigenvalue weighted by Gasteiger charge is 2.75. The molecule has 2 fully saturated rings. The standard InChI is InChI=1S/C18H30O7/c1-10(2)18(22-7)17(6)13(11(8-19)25-18)12(24-15(17)21)9-23-14(20)16(3,4)5/h10-13,19H,8-9H2,1-7H3/t11-,12+,13+,17+,18+/m0/s1. The number of fused-ring (bicyclic) bond motifs is 1. The Bertz CT molecular complexity index is 538. The average molecular weight is 358 g/mol. The molecule has 0 saturated carbocycles. The zero-order chi connectivity index (χ0) is 19.2. The number of aliphatic hydroxyl groups excluding tert-OH is 1. The lowest BCUT2D eigenvalue weighted by atomic mass is 9.67. The number of hydrogen-bond donors (Lipinski definition) is 1. The smallest absolute Gasteiger partial charge is 0.318 e. The van der Waals surface area contributed by atoms with Gasteiger partial charge in [0.15, 0.2) is 5.79 Å². The molecule has 25 heavy (non-hydrogen) atoms. The molecule has 0 aromatic rings. The van der Waals surface area contributed by atoms with E-state index >= 15 is 0 Å². The minimum Gasteiger partial charge on any atom is -0.461 e. The fraction of sp³-hybridized carbons (Fsp3) is 0.889. The van der Waals surface area contributed by atoms with Crippen LogP contribution in [0.3, 0.4) is 0 Å². The number of hydrogen-bond acceptors (Lipinski definition) is 7. The van der Waals surface area contributed by atoms with Gasteiger partial charge in [-0.15, -0.1) is 0 Å². The molecule has 144 valence electrons. The summed E-state index contributed by atoms with van der Waals surface area (Å²) in [7, 11) is 1.49. The Balaban J connectivity index is 2.32. The van der Waals surface area contributed by atoms with Gasteiger partial charge in [0.25, 0.3) is 0 Å². The normalized spacial score (nSPS) is 38.0. The highest BCUT2D eigenvalue weighted by molar-refractivity contribution is 5.82. The predicted octanol–water partition coefficient (Wildman–Crippen LogP) is 1.51. The third kappa shape index (κ3) is 2.86. The van der Waals surface area contributed by atoms with Gasteiger partial charge in [-0.2, -0.15) is 0 Å². The molecular weight excluding hydrogens is 328 g/mol.